The molecule has 0 bridgehead atoms. The van der Waals surface area contributed by atoms with Gasteiger partial charge in [0.1, 0.15) is 17.2 Å². The van der Waals surface area contributed by atoms with Crippen molar-refractivity contribution in [3.63, 3.8) is 0 Å². The van der Waals surface area contributed by atoms with Gasteiger partial charge >= 0.3 is 0 Å². The molecule has 1 aliphatic rings. The fourth-order valence-corrected chi connectivity index (χ4v) is 3.13. The zero-order chi connectivity index (χ0) is 11.5. The molecule has 2 unspecified atom stereocenters. The van der Waals surface area contributed by atoms with E-state index in [1.807, 2.05) is 0 Å². The standard InChI is InChI=1S/C11H13ClFNOS/c12-9-3-5-11(6-4-9)16(15)14-7-1-2-10(13)8-14/h3-6,10H,1-2,7-8H2. The van der Waals surface area contributed by atoms with Gasteiger partial charge in [0.25, 0.3) is 0 Å². The summed E-state index contributed by atoms with van der Waals surface area (Å²) >= 11 is 5.75. The summed E-state index contributed by atoms with van der Waals surface area (Å²) in [7, 11) is -1.26. The van der Waals surface area contributed by atoms with Crippen LogP contribution in [0.3, 0.4) is 0 Å². The summed E-state index contributed by atoms with van der Waals surface area (Å²) in [5.74, 6) is 0. The molecule has 0 N–H and O–H groups in total. The van der Waals surface area contributed by atoms with Gasteiger partial charge in [-0.1, -0.05) is 11.6 Å². The van der Waals surface area contributed by atoms with Gasteiger partial charge in [-0.3, -0.25) is 0 Å². The van der Waals surface area contributed by atoms with Crippen molar-refractivity contribution in [1.29, 1.82) is 0 Å². The first-order valence-corrected chi connectivity index (χ1v) is 6.72. The number of benzene rings is 1. The lowest BCUT2D eigenvalue weighted by Gasteiger charge is -2.27. The Balaban J connectivity index is 2.09. The highest BCUT2D eigenvalue weighted by atomic mass is 35.5. The zero-order valence-corrected chi connectivity index (χ0v) is 10.3. The molecule has 0 radical (unpaired) electrons. The van der Waals surface area contributed by atoms with E-state index in [1.54, 1.807) is 28.6 Å². The molecule has 5 heteroatoms. The molecule has 0 amide bonds. The lowest BCUT2D eigenvalue weighted by Crippen LogP contribution is -2.37. The molecule has 1 heterocycles. The lowest BCUT2D eigenvalue weighted by molar-refractivity contribution is 0.208. The van der Waals surface area contributed by atoms with Crippen LogP contribution in [0.2, 0.25) is 5.02 Å². The maximum atomic E-state index is 13.2. The second-order valence-electron chi connectivity index (χ2n) is 3.83. The van der Waals surface area contributed by atoms with Crippen molar-refractivity contribution < 1.29 is 8.60 Å². The molecule has 2 rings (SSSR count). The van der Waals surface area contributed by atoms with E-state index in [0.717, 1.165) is 6.42 Å². The van der Waals surface area contributed by atoms with Gasteiger partial charge in [0.15, 0.2) is 0 Å². The number of alkyl halides is 1. The Hall–Kier alpha value is -0.450. The predicted octanol–water partition coefficient (Wildman–Crippen LogP) is 2.80. The molecule has 2 atom stereocenters. The van der Waals surface area contributed by atoms with Crippen molar-refractivity contribution >= 4 is 22.6 Å². The van der Waals surface area contributed by atoms with Gasteiger partial charge in [-0.05, 0) is 37.1 Å². The van der Waals surface area contributed by atoms with Gasteiger partial charge in [0.05, 0.1) is 4.90 Å². The first-order valence-electron chi connectivity index (χ1n) is 5.23. The number of hydrogen-bond acceptors (Lipinski definition) is 1. The van der Waals surface area contributed by atoms with Crippen LogP contribution in [0, 0.1) is 0 Å². The monoisotopic (exact) mass is 261 g/mol. The Morgan fingerprint density at radius 2 is 2.06 bits per heavy atom. The third-order valence-corrected chi connectivity index (χ3v) is 4.30. The van der Waals surface area contributed by atoms with Crippen LogP contribution in [0.4, 0.5) is 4.39 Å². The van der Waals surface area contributed by atoms with E-state index in [0.29, 0.717) is 22.9 Å². The summed E-state index contributed by atoms with van der Waals surface area (Å²) in [6.45, 7) is 0.949. The lowest BCUT2D eigenvalue weighted by atomic mass is 10.1. The minimum atomic E-state index is -1.26. The van der Waals surface area contributed by atoms with E-state index in [4.69, 9.17) is 11.6 Å². The number of hydrogen-bond donors (Lipinski definition) is 0. The topological polar surface area (TPSA) is 20.3 Å². The van der Waals surface area contributed by atoms with Crippen molar-refractivity contribution in [2.45, 2.75) is 23.9 Å². The quantitative estimate of drug-likeness (QED) is 0.802. The van der Waals surface area contributed by atoms with Crippen molar-refractivity contribution in [2.75, 3.05) is 13.1 Å². The second-order valence-corrected chi connectivity index (χ2v) is 5.75. The first kappa shape index (κ1) is 12.0. The molecule has 1 aliphatic heterocycles. The Kier molecular flexibility index (Phi) is 3.95. The Morgan fingerprint density at radius 1 is 1.38 bits per heavy atom. The van der Waals surface area contributed by atoms with Crippen molar-refractivity contribution in [3.8, 4) is 0 Å². The number of halogens is 2. The van der Waals surface area contributed by atoms with Crippen molar-refractivity contribution in [1.82, 2.24) is 4.31 Å². The van der Waals surface area contributed by atoms with E-state index >= 15 is 0 Å². The van der Waals surface area contributed by atoms with Gasteiger partial charge in [-0.2, -0.15) is 0 Å². The summed E-state index contributed by atoms with van der Waals surface area (Å²) in [5.41, 5.74) is 0. The summed E-state index contributed by atoms with van der Waals surface area (Å²) in [4.78, 5) is 0.679. The maximum Gasteiger partial charge on any atom is 0.127 e. The van der Waals surface area contributed by atoms with Crippen LogP contribution >= 0.6 is 11.6 Å². The van der Waals surface area contributed by atoms with Crippen LogP contribution in [0.15, 0.2) is 29.2 Å². The molecule has 1 aromatic carbocycles. The van der Waals surface area contributed by atoms with Crippen LogP contribution in [0.25, 0.3) is 0 Å². The van der Waals surface area contributed by atoms with Crippen molar-refractivity contribution in [3.05, 3.63) is 29.3 Å². The smallest absolute Gasteiger partial charge is 0.127 e. The minimum Gasteiger partial charge on any atom is -0.246 e. The Labute approximate surface area is 102 Å². The summed E-state index contributed by atoms with van der Waals surface area (Å²) in [5, 5.41) is 0.614. The molecular formula is C11H13ClFNOS. The number of piperidine rings is 1. The van der Waals surface area contributed by atoms with Crippen molar-refractivity contribution in [2.24, 2.45) is 0 Å². The van der Waals surface area contributed by atoms with Gasteiger partial charge in [0.2, 0.25) is 0 Å². The van der Waals surface area contributed by atoms with Crippen LogP contribution in [-0.4, -0.2) is 27.8 Å². The first-order chi connectivity index (χ1) is 7.66. The second kappa shape index (κ2) is 5.25. The highest BCUT2D eigenvalue weighted by Crippen LogP contribution is 2.20. The predicted molar refractivity (Wildman–Crippen MR) is 63.6 cm³/mol. The van der Waals surface area contributed by atoms with E-state index in [2.05, 4.69) is 0 Å². The Bertz CT molecular complexity index is 384. The average molecular weight is 262 g/mol. The molecule has 1 aromatic rings. The fraction of sp³-hybridized carbons (Fsp3) is 0.455. The number of rotatable bonds is 2. The Morgan fingerprint density at radius 3 is 2.69 bits per heavy atom. The SMILES string of the molecule is O=S(c1ccc(Cl)cc1)N1CCCC(F)C1. The normalized spacial score (nSPS) is 24.2. The minimum absolute atomic E-state index is 0.259. The molecule has 0 spiro atoms. The molecule has 1 saturated heterocycles. The molecule has 16 heavy (non-hydrogen) atoms. The fourth-order valence-electron chi connectivity index (χ4n) is 1.74. The van der Waals surface area contributed by atoms with E-state index in [9.17, 15) is 8.60 Å². The third kappa shape index (κ3) is 2.81. The van der Waals surface area contributed by atoms with Gasteiger partial charge in [0, 0.05) is 18.1 Å². The van der Waals surface area contributed by atoms with E-state index < -0.39 is 17.2 Å². The van der Waals surface area contributed by atoms with Gasteiger partial charge in [-0.15, -0.1) is 0 Å². The number of nitrogens with zero attached hydrogens (tertiary/aromatic N) is 1. The van der Waals surface area contributed by atoms with Gasteiger partial charge in [-0.25, -0.2) is 12.9 Å². The third-order valence-electron chi connectivity index (χ3n) is 2.58. The average Bonchev–Trinajstić information content (AvgIpc) is 2.29. The maximum absolute atomic E-state index is 13.2. The molecule has 0 aliphatic carbocycles. The van der Waals surface area contributed by atoms with Crippen LogP contribution in [0.1, 0.15) is 12.8 Å². The van der Waals surface area contributed by atoms with E-state index in [1.165, 1.54) is 0 Å². The molecular weight excluding hydrogens is 249 g/mol. The van der Waals surface area contributed by atoms with Crippen LogP contribution in [-0.2, 0) is 11.0 Å². The molecule has 0 saturated carbocycles. The highest BCUT2D eigenvalue weighted by Gasteiger charge is 2.23. The molecule has 1 fully saturated rings. The summed E-state index contributed by atoms with van der Waals surface area (Å²) < 4.78 is 26.9. The summed E-state index contributed by atoms with van der Waals surface area (Å²) in [6.07, 6.45) is 0.486. The van der Waals surface area contributed by atoms with Crippen LogP contribution in [0.5, 0.6) is 0 Å². The summed E-state index contributed by atoms with van der Waals surface area (Å²) in [6, 6.07) is 6.85. The largest absolute Gasteiger partial charge is 0.246 e. The molecule has 88 valence electrons. The zero-order valence-electron chi connectivity index (χ0n) is 8.73. The molecule has 0 aromatic heterocycles. The van der Waals surface area contributed by atoms with Gasteiger partial charge < -0.3 is 0 Å². The molecule has 2 nitrogen and oxygen atoms in total. The van der Waals surface area contributed by atoms with Crippen LogP contribution < -0.4 is 0 Å². The van der Waals surface area contributed by atoms with E-state index in [-0.39, 0.29) is 6.54 Å². The highest BCUT2D eigenvalue weighted by molar-refractivity contribution is 7.82.